The minimum absolute atomic E-state index is 0.0674. The first-order chi connectivity index (χ1) is 15.0. The number of amides is 2. The van der Waals surface area contributed by atoms with Gasteiger partial charge in [0.15, 0.2) is 0 Å². The molecule has 0 aliphatic carbocycles. The number of hydrogen-bond donors (Lipinski definition) is 0. The quantitative estimate of drug-likeness (QED) is 0.582. The molecule has 7 nitrogen and oxygen atoms in total. The van der Waals surface area contributed by atoms with Crippen LogP contribution < -0.4 is 0 Å². The third-order valence-corrected chi connectivity index (χ3v) is 5.57. The van der Waals surface area contributed by atoms with E-state index in [0.717, 1.165) is 50.8 Å². The highest BCUT2D eigenvalue weighted by molar-refractivity contribution is 5.83. The molecule has 0 radical (unpaired) electrons. The number of carbonyl (C=O) groups is 2. The Hall–Kier alpha value is -2.64. The third kappa shape index (κ3) is 7.52. The van der Waals surface area contributed by atoms with Gasteiger partial charge in [0.05, 0.1) is 26.3 Å². The molecule has 7 heteroatoms. The van der Waals surface area contributed by atoms with Crippen LogP contribution in [0.1, 0.15) is 24.0 Å². The minimum Gasteiger partial charge on any atom is -0.464 e. The number of ether oxygens (including phenoxy) is 1. The van der Waals surface area contributed by atoms with E-state index in [1.54, 1.807) is 9.80 Å². The Morgan fingerprint density at radius 1 is 1.00 bits per heavy atom. The van der Waals surface area contributed by atoms with Crippen molar-refractivity contribution >= 4 is 11.8 Å². The lowest BCUT2D eigenvalue weighted by Crippen LogP contribution is -2.46. The van der Waals surface area contributed by atoms with Crippen molar-refractivity contribution in [3.63, 3.8) is 0 Å². The van der Waals surface area contributed by atoms with Crippen LogP contribution in [0.4, 0.5) is 0 Å². The average molecular weight is 428 g/mol. The van der Waals surface area contributed by atoms with Crippen molar-refractivity contribution < 1.29 is 18.7 Å². The van der Waals surface area contributed by atoms with Gasteiger partial charge < -0.3 is 19.0 Å². The van der Waals surface area contributed by atoms with Crippen molar-refractivity contribution in [3.8, 4) is 0 Å². The molecular weight excluding hydrogens is 394 g/mol. The highest BCUT2D eigenvalue weighted by Gasteiger charge is 2.21. The zero-order valence-electron chi connectivity index (χ0n) is 18.6. The van der Waals surface area contributed by atoms with E-state index in [0.29, 0.717) is 19.6 Å². The van der Waals surface area contributed by atoms with Crippen LogP contribution in [0.5, 0.6) is 0 Å². The molecule has 31 heavy (non-hydrogen) atoms. The summed E-state index contributed by atoms with van der Waals surface area (Å²) in [6, 6.07) is 13.9. The second-order valence-electron chi connectivity index (χ2n) is 7.96. The van der Waals surface area contributed by atoms with E-state index in [1.807, 2.05) is 37.3 Å². The Morgan fingerprint density at radius 3 is 2.39 bits per heavy atom. The highest BCUT2D eigenvalue weighted by Crippen LogP contribution is 2.12. The maximum atomic E-state index is 13.2. The Morgan fingerprint density at radius 2 is 1.74 bits per heavy atom. The lowest BCUT2D eigenvalue weighted by atomic mass is 10.1. The van der Waals surface area contributed by atoms with Crippen LogP contribution in [0.3, 0.4) is 0 Å². The van der Waals surface area contributed by atoms with Crippen molar-refractivity contribution in [2.24, 2.45) is 0 Å². The number of rotatable bonds is 10. The van der Waals surface area contributed by atoms with Crippen molar-refractivity contribution in [3.05, 3.63) is 59.5 Å². The van der Waals surface area contributed by atoms with Crippen molar-refractivity contribution in [2.75, 3.05) is 52.5 Å². The fourth-order valence-electron chi connectivity index (χ4n) is 3.66. The molecule has 3 rings (SSSR count). The number of carbonyl (C=O) groups excluding carboxylic acids is 2. The smallest absolute Gasteiger partial charge is 0.242 e. The van der Waals surface area contributed by atoms with Crippen molar-refractivity contribution in [1.82, 2.24) is 14.7 Å². The maximum absolute atomic E-state index is 13.2. The fourth-order valence-corrected chi connectivity index (χ4v) is 3.66. The molecule has 2 aromatic rings. The van der Waals surface area contributed by atoms with Gasteiger partial charge in [0, 0.05) is 39.6 Å². The van der Waals surface area contributed by atoms with Gasteiger partial charge in [0.2, 0.25) is 11.8 Å². The SMILES string of the molecule is CC(=O)N(CCN1CCOCC1)CC(=O)N(CCc1ccccc1)Cc1ccc(C)o1. The number of nitrogens with zero attached hydrogens (tertiary/aromatic N) is 3. The van der Waals surface area contributed by atoms with Gasteiger partial charge in [-0.1, -0.05) is 30.3 Å². The number of morpholine rings is 1. The molecular formula is C24H33N3O4. The van der Waals surface area contributed by atoms with Gasteiger partial charge >= 0.3 is 0 Å². The maximum Gasteiger partial charge on any atom is 0.242 e. The van der Waals surface area contributed by atoms with E-state index in [2.05, 4.69) is 17.0 Å². The molecule has 2 amide bonds. The monoisotopic (exact) mass is 427 g/mol. The second kappa shape index (κ2) is 11.7. The van der Waals surface area contributed by atoms with Crippen molar-refractivity contribution in [2.45, 2.75) is 26.8 Å². The third-order valence-electron chi connectivity index (χ3n) is 5.57. The number of furan rings is 1. The first-order valence-electron chi connectivity index (χ1n) is 10.9. The van der Waals surface area contributed by atoms with E-state index in [4.69, 9.17) is 9.15 Å². The summed E-state index contributed by atoms with van der Waals surface area (Å²) in [6.07, 6.45) is 0.750. The predicted molar refractivity (Wildman–Crippen MR) is 119 cm³/mol. The first-order valence-corrected chi connectivity index (χ1v) is 10.9. The Labute approximate surface area is 184 Å². The summed E-state index contributed by atoms with van der Waals surface area (Å²) < 4.78 is 11.1. The molecule has 1 aromatic heterocycles. The molecule has 0 N–H and O–H groups in total. The predicted octanol–water partition coefficient (Wildman–Crippen LogP) is 2.34. The number of benzene rings is 1. The average Bonchev–Trinajstić information content (AvgIpc) is 3.19. The molecule has 0 unspecified atom stereocenters. The first kappa shape index (κ1) is 23.0. The molecule has 2 heterocycles. The summed E-state index contributed by atoms with van der Waals surface area (Å²) in [5.41, 5.74) is 1.17. The van der Waals surface area contributed by atoms with E-state index in [1.165, 1.54) is 12.5 Å². The Balaban J connectivity index is 1.61. The van der Waals surface area contributed by atoms with Crippen LogP contribution in [-0.2, 0) is 27.3 Å². The molecule has 0 spiro atoms. The topological polar surface area (TPSA) is 66.2 Å². The van der Waals surface area contributed by atoms with Crippen LogP contribution in [0.2, 0.25) is 0 Å². The summed E-state index contributed by atoms with van der Waals surface area (Å²) in [7, 11) is 0. The van der Waals surface area contributed by atoms with Crippen LogP contribution >= 0.6 is 0 Å². The molecule has 0 atom stereocenters. The molecule has 1 aliphatic heterocycles. The van der Waals surface area contributed by atoms with Crippen molar-refractivity contribution in [1.29, 1.82) is 0 Å². The molecule has 0 saturated carbocycles. The van der Waals surface area contributed by atoms with Crippen LogP contribution in [0, 0.1) is 6.92 Å². The summed E-state index contributed by atoms with van der Waals surface area (Å²) in [5.74, 6) is 1.42. The second-order valence-corrected chi connectivity index (χ2v) is 7.96. The zero-order chi connectivity index (χ0) is 22.1. The number of hydrogen-bond acceptors (Lipinski definition) is 5. The lowest BCUT2D eigenvalue weighted by Gasteiger charge is -2.30. The van der Waals surface area contributed by atoms with E-state index < -0.39 is 0 Å². The lowest BCUT2D eigenvalue weighted by molar-refractivity contribution is -0.140. The van der Waals surface area contributed by atoms with Crippen LogP contribution in [0.25, 0.3) is 0 Å². The molecule has 1 aliphatic rings. The minimum atomic E-state index is -0.0848. The van der Waals surface area contributed by atoms with Gasteiger partial charge in [0.1, 0.15) is 11.5 Å². The van der Waals surface area contributed by atoms with E-state index >= 15 is 0 Å². The zero-order valence-corrected chi connectivity index (χ0v) is 18.6. The van der Waals surface area contributed by atoms with E-state index in [-0.39, 0.29) is 18.4 Å². The molecule has 1 aromatic carbocycles. The van der Waals surface area contributed by atoms with Gasteiger partial charge in [0.25, 0.3) is 0 Å². The van der Waals surface area contributed by atoms with E-state index in [9.17, 15) is 9.59 Å². The summed E-state index contributed by atoms with van der Waals surface area (Å²) in [6.45, 7) is 8.90. The summed E-state index contributed by atoms with van der Waals surface area (Å²) >= 11 is 0. The molecule has 168 valence electrons. The largest absolute Gasteiger partial charge is 0.464 e. The van der Waals surface area contributed by atoms with Gasteiger partial charge in [-0.2, -0.15) is 0 Å². The van der Waals surface area contributed by atoms with Crippen LogP contribution in [0.15, 0.2) is 46.9 Å². The van der Waals surface area contributed by atoms with Gasteiger partial charge in [-0.25, -0.2) is 0 Å². The molecule has 1 fully saturated rings. The Bertz CT molecular complexity index is 830. The molecule has 1 saturated heterocycles. The van der Waals surface area contributed by atoms with Gasteiger partial charge in [-0.3, -0.25) is 14.5 Å². The fraction of sp³-hybridized carbons (Fsp3) is 0.500. The molecule has 0 bridgehead atoms. The Kier molecular flexibility index (Phi) is 8.67. The van der Waals surface area contributed by atoms with Gasteiger partial charge in [-0.05, 0) is 31.0 Å². The summed E-state index contributed by atoms with van der Waals surface area (Å²) in [5, 5.41) is 0. The number of aryl methyl sites for hydroxylation is 1. The standard InChI is InChI=1S/C24H33N3O4/c1-20-8-9-23(31-20)18-27(11-10-22-6-4-3-5-7-22)24(29)19-26(21(2)28)13-12-25-14-16-30-17-15-25/h3-9H,10-19H2,1-2H3. The van der Waals surface area contributed by atoms with Crippen LogP contribution in [-0.4, -0.2) is 79.0 Å². The normalized spacial score (nSPS) is 14.4. The summed E-state index contributed by atoms with van der Waals surface area (Å²) in [4.78, 5) is 31.1. The highest BCUT2D eigenvalue weighted by atomic mass is 16.5. The van der Waals surface area contributed by atoms with Gasteiger partial charge in [-0.15, -0.1) is 0 Å².